The lowest BCUT2D eigenvalue weighted by atomic mass is 9.70. The van der Waals surface area contributed by atoms with E-state index in [-0.39, 0.29) is 5.41 Å². The molecular formula is C58H39NO. The van der Waals surface area contributed by atoms with Crippen LogP contribution in [-0.4, -0.2) is 0 Å². The Morgan fingerprint density at radius 1 is 0.350 bits per heavy atom. The SMILES string of the molecule is CC1(C)c2ccccc2-c2ccc(N(c3ccc4c(c3)-c3ccccc3C43c4ccccc4-c4ccccc43)c3ccccc3-c3ccc4oc5ccccc5c4c3)cc21. The van der Waals surface area contributed by atoms with Crippen LogP contribution in [-0.2, 0) is 10.8 Å². The Bertz CT molecular complexity index is 3390. The number of hydrogen-bond acceptors (Lipinski definition) is 2. The quantitative estimate of drug-likeness (QED) is 0.177. The van der Waals surface area contributed by atoms with Gasteiger partial charge >= 0.3 is 0 Å². The molecule has 0 saturated carbocycles. The maximum atomic E-state index is 6.29. The summed E-state index contributed by atoms with van der Waals surface area (Å²) < 4.78 is 6.29. The zero-order chi connectivity index (χ0) is 39.7. The predicted octanol–water partition coefficient (Wildman–Crippen LogP) is 15.4. The highest BCUT2D eigenvalue weighted by Crippen LogP contribution is 2.63. The maximum absolute atomic E-state index is 6.29. The van der Waals surface area contributed by atoms with Crippen molar-refractivity contribution in [2.75, 3.05) is 4.90 Å². The molecule has 60 heavy (non-hydrogen) atoms. The lowest BCUT2D eigenvalue weighted by molar-refractivity contribution is 0.660. The van der Waals surface area contributed by atoms with Crippen LogP contribution in [0.25, 0.3) is 66.4 Å². The summed E-state index contributed by atoms with van der Waals surface area (Å²) in [5, 5.41) is 2.25. The third kappa shape index (κ3) is 4.32. The van der Waals surface area contributed by atoms with Crippen molar-refractivity contribution in [3.8, 4) is 44.5 Å². The van der Waals surface area contributed by atoms with E-state index in [9.17, 15) is 0 Å². The highest BCUT2D eigenvalue weighted by atomic mass is 16.3. The zero-order valence-corrected chi connectivity index (χ0v) is 33.4. The fourth-order valence-corrected chi connectivity index (χ4v) is 11.3. The number of anilines is 3. The van der Waals surface area contributed by atoms with E-state index in [4.69, 9.17) is 4.42 Å². The van der Waals surface area contributed by atoms with Crippen LogP contribution in [0.2, 0.25) is 0 Å². The van der Waals surface area contributed by atoms with E-state index >= 15 is 0 Å². The molecule has 0 fully saturated rings. The van der Waals surface area contributed by atoms with Crippen molar-refractivity contribution in [2.24, 2.45) is 0 Å². The first kappa shape index (κ1) is 33.5. The molecule has 2 nitrogen and oxygen atoms in total. The van der Waals surface area contributed by atoms with Gasteiger partial charge in [0.15, 0.2) is 0 Å². The lowest BCUT2D eigenvalue weighted by Gasteiger charge is -2.32. The van der Waals surface area contributed by atoms with Crippen molar-refractivity contribution in [1.29, 1.82) is 0 Å². The van der Waals surface area contributed by atoms with Gasteiger partial charge in [-0.15, -0.1) is 0 Å². The molecule has 13 rings (SSSR count). The van der Waals surface area contributed by atoms with Gasteiger partial charge in [-0.3, -0.25) is 0 Å². The molecule has 2 heteroatoms. The molecule has 1 aromatic heterocycles. The molecule has 3 aliphatic carbocycles. The summed E-state index contributed by atoms with van der Waals surface area (Å²) in [4.78, 5) is 2.50. The van der Waals surface area contributed by atoms with Gasteiger partial charge in [0, 0.05) is 33.1 Å². The number of hydrogen-bond donors (Lipinski definition) is 0. The molecule has 9 aromatic carbocycles. The van der Waals surface area contributed by atoms with Crippen LogP contribution in [0.5, 0.6) is 0 Å². The summed E-state index contributed by atoms with van der Waals surface area (Å²) in [6.07, 6.45) is 0. The number of nitrogens with zero attached hydrogens (tertiary/aromatic N) is 1. The number of rotatable bonds is 4. The van der Waals surface area contributed by atoms with Gasteiger partial charge in [0.1, 0.15) is 11.2 Å². The monoisotopic (exact) mass is 765 g/mol. The molecule has 3 aliphatic rings. The Balaban J connectivity index is 1.06. The number of benzene rings is 9. The van der Waals surface area contributed by atoms with Gasteiger partial charge in [-0.05, 0) is 121 Å². The van der Waals surface area contributed by atoms with Crippen molar-refractivity contribution in [3.05, 3.63) is 234 Å². The second-order valence-corrected chi connectivity index (χ2v) is 17.2. The van der Waals surface area contributed by atoms with Gasteiger partial charge < -0.3 is 9.32 Å². The summed E-state index contributed by atoms with van der Waals surface area (Å²) in [5.74, 6) is 0. The third-order valence-corrected chi connectivity index (χ3v) is 13.9. The van der Waals surface area contributed by atoms with Crippen LogP contribution in [0, 0.1) is 0 Å². The molecule has 0 unspecified atom stereocenters. The predicted molar refractivity (Wildman–Crippen MR) is 248 cm³/mol. The summed E-state index contributed by atoms with van der Waals surface area (Å²) in [7, 11) is 0. The van der Waals surface area contributed by atoms with Crippen LogP contribution >= 0.6 is 0 Å². The minimum atomic E-state index is -0.396. The summed E-state index contributed by atoms with van der Waals surface area (Å²) in [6, 6.07) is 74.3. The minimum absolute atomic E-state index is 0.146. The molecule has 0 radical (unpaired) electrons. The molecule has 0 N–H and O–H groups in total. The van der Waals surface area contributed by atoms with E-state index < -0.39 is 5.41 Å². The first-order valence-corrected chi connectivity index (χ1v) is 21.0. The first-order valence-electron chi connectivity index (χ1n) is 21.0. The number of para-hydroxylation sites is 2. The summed E-state index contributed by atoms with van der Waals surface area (Å²) >= 11 is 0. The van der Waals surface area contributed by atoms with Crippen molar-refractivity contribution in [1.82, 2.24) is 0 Å². The van der Waals surface area contributed by atoms with Crippen LogP contribution in [0.4, 0.5) is 17.1 Å². The Hall–Kier alpha value is -7.42. The third-order valence-electron chi connectivity index (χ3n) is 13.9. The van der Waals surface area contributed by atoms with E-state index in [1.54, 1.807) is 0 Å². The molecule has 0 atom stereocenters. The van der Waals surface area contributed by atoms with Crippen molar-refractivity contribution >= 4 is 39.0 Å². The molecule has 1 heterocycles. The number of furan rings is 1. The highest BCUT2D eigenvalue weighted by molar-refractivity contribution is 6.07. The van der Waals surface area contributed by atoms with Crippen molar-refractivity contribution in [2.45, 2.75) is 24.7 Å². The molecule has 10 aromatic rings. The Morgan fingerprint density at radius 3 is 1.57 bits per heavy atom. The second kappa shape index (κ2) is 12.1. The standard InChI is InChI=1S/C58H39NO/c1-57(2)48-21-9-3-16-40(48)44-30-28-38(35-53(44)57)59(54-25-13-7-15-39(54)36-27-32-56-47(33-36)45-20-8-14-26-55(45)60-56)37-29-31-52-46(34-37)43-19-6-12-24-51(43)58(52)49-22-10-4-17-41(49)42-18-5-11-23-50(42)58/h3-35H,1-2H3. The summed E-state index contributed by atoms with van der Waals surface area (Å²) in [6.45, 7) is 4.74. The van der Waals surface area contributed by atoms with Crippen molar-refractivity contribution < 1.29 is 4.42 Å². The molecule has 0 amide bonds. The molecule has 1 spiro atoms. The fourth-order valence-electron chi connectivity index (χ4n) is 11.3. The van der Waals surface area contributed by atoms with E-state index in [0.717, 1.165) is 50.1 Å². The Morgan fingerprint density at radius 2 is 0.850 bits per heavy atom. The smallest absolute Gasteiger partial charge is 0.135 e. The number of fused-ring (bicyclic) bond motifs is 16. The lowest BCUT2D eigenvalue weighted by Crippen LogP contribution is -2.25. The van der Waals surface area contributed by atoms with E-state index in [0.29, 0.717) is 0 Å². The van der Waals surface area contributed by atoms with E-state index in [1.165, 1.54) is 66.8 Å². The summed E-state index contributed by atoms with van der Waals surface area (Å²) in [5.41, 5.74) is 22.9. The Kier molecular flexibility index (Phi) is 6.74. The van der Waals surface area contributed by atoms with Gasteiger partial charge in [-0.2, -0.15) is 0 Å². The maximum Gasteiger partial charge on any atom is 0.135 e. The van der Waals surface area contributed by atoms with Gasteiger partial charge in [-0.1, -0.05) is 166 Å². The first-order chi connectivity index (χ1) is 29.5. The van der Waals surface area contributed by atoms with Crippen LogP contribution in [0.1, 0.15) is 47.2 Å². The normalized spacial score (nSPS) is 14.4. The fraction of sp³-hybridized carbons (Fsp3) is 0.0690. The van der Waals surface area contributed by atoms with Gasteiger partial charge in [0.2, 0.25) is 0 Å². The van der Waals surface area contributed by atoms with Crippen LogP contribution < -0.4 is 4.90 Å². The van der Waals surface area contributed by atoms with Gasteiger partial charge in [0.05, 0.1) is 11.1 Å². The molecule has 0 saturated heterocycles. The highest BCUT2D eigenvalue weighted by Gasteiger charge is 2.51. The topological polar surface area (TPSA) is 16.4 Å². The van der Waals surface area contributed by atoms with Crippen LogP contribution in [0.3, 0.4) is 0 Å². The zero-order valence-electron chi connectivity index (χ0n) is 33.4. The molecule has 282 valence electrons. The molecule has 0 bridgehead atoms. The second-order valence-electron chi connectivity index (χ2n) is 17.2. The van der Waals surface area contributed by atoms with E-state index in [2.05, 4.69) is 213 Å². The van der Waals surface area contributed by atoms with E-state index in [1.807, 2.05) is 6.07 Å². The van der Waals surface area contributed by atoms with Crippen molar-refractivity contribution in [3.63, 3.8) is 0 Å². The van der Waals surface area contributed by atoms with Gasteiger partial charge in [0.25, 0.3) is 0 Å². The minimum Gasteiger partial charge on any atom is -0.456 e. The van der Waals surface area contributed by atoms with Crippen LogP contribution in [0.15, 0.2) is 205 Å². The largest absolute Gasteiger partial charge is 0.456 e. The average molecular weight is 766 g/mol. The average Bonchev–Trinajstić information content (AvgIpc) is 3.98. The molecular weight excluding hydrogens is 727 g/mol. The Labute approximate surface area is 349 Å². The molecule has 0 aliphatic heterocycles. The van der Waals surface area contributed by atoms with Gasteiger partial charge in [-0.25, -0.2) is 0 Å².